The summed E-state index contributed by atoms with van der Waals surface area (Å²) in [4.78, 5) is 4.21. The molecular formula is C13H14N2O2S. The van der Waals surface area contributed by atoms with Crippen LogP contribution >= 0.6 is 0 Å². The van der Waals surface area contributed by atoms with Gasteiger partial charge in [0, 0.05) is 26.0 Å². The molecule has 1 aromatic heterocycles. The zero-order valence-electron chi connectivity index (χ0n) is 10.0. The fourth-order valence-electron chi connectivity index (χ4n) is 1.60. The van der Waals surface area contributed by atoms with Gasteiger partial charge in [-0.15, -0.1) is 0 Å². The Hall–Kier alpha value is -1.72. The summed E-state index contributed by atoms with van der Waals surface area (Å²) in [7, 11) is -1.85. The van der Waals surface area contributed by atoms with Crippen LogP contribution in [0.25, 0.3) is 0 Å². The highest BCUT2D eigenvalue weighted by atomic mass is 32.2. The summed E-state index contributed by atoms with van der Waals surface area (Å²) >= 11 is 0. The molecule has 0 saturated heterocycles. The molecule has 94 valence electrons. The van der Waals surface area contributed by atoms with Gasteiger partial charge in [-0.05, 0) is 29.8 Å². The van der Waals surface area contributed by atoms with Crippen molar-refractivity contribution in [3.05, 3.63) is 60.4 Å². The van der Waals surface area contributed by atoms with E-state index >= 15 is 0 Å². The summed E-state index contributed by atoms with van der Waals surface area (Å²) in [6.45, 7) is 0.333. The highest BCUT2D eigenvalue weighted by Gasteiger charge is 2.20. The van der Waals surface area contributed by atoms with Crippen molar-refractivity contribution in [3.63, 3.8) is 0 Å². The molecule has 0 N–H and O–H groups in total. The van der Waals surface area contributed by atoms with E-state index in [0.29, 0.717) is 11.4 Å². The summed E-state index contributed by atoms with van der Waals surface area (Å²) in [6, 6.07) is 12.0. The monoisotopic (exact) mass is 262 g/mol. The Morgan fingerprint density at radius 1 is 1.06 bits per heavy atom. The number of hydrogen-bond acceptors (Lipinski definition) is 3. The smallest absolute Gasteiger partial charge is 0.243 e. The van der Waals surface area contributed by atoms with Crippen molar-refractivity contribution >= 4 is 10.0 Å². The molecule has 0 unspecified atom stereocenters. The van der Waals surface area contributed by atoms with E-state index in [1.807, 2.05) is 0 Å². The van der Waals surface area contributed by atoms with Gasteiger partial charge < -0.3 is 0 Å². The van der Waals surface area contributed by atoms with E-state index in [-0.39, 0.29) is 0 Å². The van der Waals surface area contributed by atoms with Gasteiger partial charge in [0.15, 0.2) is 0 Å². The Morgan fingerprint density at radius 2 is 1.67 bits per heavy atom. The second-order valence-corrected chi connectivity index (χ2v) is 5.97. The summed E-state index contributed by atoms with van der Waals surface area (Å²) < 4.78 is 25.8. The predicted octanol–water partition coefficient (Wildman–Crippen LogP) is 1.90. The van der Waals surface area contributed by atoms with Crippen LogP contribution in [0.3, 0.4) is 0 Å². The van der Waals surface area contributed by atoms with E-state index in [4.69, 9.17) is 0 Å². The molecule has 0 atom stereocenters. The molecule has 0 saturated carbocycles. The SMILES string of the molecule is CN(Cc1ccncc1)S(=O)(=O)c1ccccc1. The van der Waals surface area contributed by atoms with Gasteiger partial charge in [0.2, 0.25) is 10.0 Å². The minimum atomic E-state index is -3.42. The molecule has 18 heavy (non-hydrogen) atoms. The number of hydrogen-bond donors (Lipinski definition) is 0. The van der Waals surface area contributed by atoms with Crippen molar-refractivity contribution < 1.29 is 8.42 Å². The molecule has 0 fully saturated rings. The van der Waals surface area contributed by atoms with Gasteiger partial charge in [0.25, 0.3) is 0 Å². The Bertz CT molecular complexity index is 597. The third kappa shape index (κ3) is 2.75. The van der Waals surface area contributed by atoms with Gasteiger partial charge in [0.05, 0.1) is 4.90 Å². The minimum absolute atomic E-state index is 0.307. The van der Waals surface area contributed by atoms with Crippen LogP contribution in [0.2, 0.25) is 0 Å². The molecule has 0 aliphatic carbocycles. The predicted molar refractivity (Wildman–Crippen MR) is 69.3 cm³/mol. The molecule has 0 spiro atoms. The molecule has 1 aromatic carbocycles. The summed E-state index contributed by atoms with van der Waals surface area (Å²) in [5.41, 5.74) is 0.909. The number of nitrogens with zero attached hydrogens (tertiary/aromatic N) is 2. The van der Waals surface area contributed by atoms with E-state index in [1.165, 1.54) is 4.31 Å². The molecule has 0 bridgehead atoms. The first kappa shape index (κ1) is 12.7. The lowest BCUT2D eigenvalue weighted by molar-refractivity contribution is 0.466. The maximum absolute atomic E-state index is 12.2. The molecule has 2 rings (SSSR count). The largest absolute Gasteiger partial charge is 0.265 e. The first-order valence-electron chi connectivity index (χ1n) is 5.51. The Balaban J connectivity index is 2.21. The van der Waals surface area contributed by atoms with Crippen LogP contribution in [-0.2, 0) is 16.6 Å². The van der Waals surface area contributed by atoms with Gasteiger partial charge in [-0.2, -0.15) is 4.31 Å². The fraction of sp³-hybridized carbons (Fsp3) is 0.154. The molecule has 1 heterocycles. The van der Waals surface area contributed by atoms with Gasteiger partial charge in [-0.25, -0.2) is 8.42 Å². The fourth-order valence-corrected chi connectivity index (χ4v) is 2.78. The maximum atomic E-state index is 12.2. The van der Waals surface area contributed by atoms with E-state index < -0.39 is 10.0 Å². The molecule has 0 aliphatic rings. The first-order valence-corrected chi connectivity index (χ1v) is 6.95. The second kappa shape index (κ2) is 5.29. The summed E-state index contributed by atoms with van der Waals surface area (Å²) in [6.07, 6.45) is 3.30. The van der Waals surface area contributed by atoms with Crippen LogP contribution in [0.5, 0.6) is 0 Å². The minimum Gasteiger partial charge on any atom is -0.265 e. The zero-order chi connectivity index (χ0) is 13.0. The standard InChI is InChI=1S/C13H14N2O2S/c1-15(11-12-7-9-14-10-8-12)18(16,17)13-5-3-2-4-6-13/h2-10H,11H2,1H3. The van der Waals surface area contributed by atoms with Crippen LogP contribution < -0.4 is 0 Å². The van der Waals surface area contributed by atoms with E-state index in [9.17, 15) is 8.42 Å². The van der Waals surface area contributed by atoms with Gasteiger partial charge in [-0.1, -0.05) is 18.2 Å². The number of aromatic nitrogens is 1. The third-order valence-corrected chi connectivity index (χ3v) is 4.42. The maximum Gasteiger partial charge on any atom is 0.243 e. The molecule has 0 amide bonds. The lowest BCUT2D eigenvalue weighted by Gasteiger charge is -2.17. The molecule has 0 aliphatic heterocycles. The molecule has 2 aromatic rings. The van der Waals surface area contributed by atoms with E-state index in [1.54, 1.807) is 61.9 Å². The van der Waals surface area contributed by atoms with Gasteiger partial charge in [-0.3, -0.25) is 4.98 Å². The lowest BCUT2D eigenvalue weighted by Crippen LogP contribution is -2.26. The van der Waals surface area contributed by atoms with E-state index in [0.717, 1.165) is 5.56 Å². The number of rotatable bonds is 4. The van der Waals surface area contributed by atoms with Crippen molar-refractivity contribution in [1.82, 2.24) is 9.29 Å². The van der Waals surface area contributed by atoms with Crippen LogP contribution in [0, 0.1) is 0 Å². The molecule has 4 nitrogen and oxygen atoms in total. The van der Waals surface area contributed by atoms with E-state index in [2.05, 4.69) is 4.98 Å². The van der Waals surface area contributed by atoms with Crippen molar-refractivity contribution in [1.29, 1.82) is 0 Å². The van der Waals surface area contributed by atoms with Crippen molar-refractivity contribution in [2.24, 2.45) is 0 Å². The van der Waals surface area contributed by atoms with Crippen LogP contribution in [0.1, 0.15) is 5.56 Å². The first-order chi connectivity index (χ1) is 8.60. The number of benzene rings is 1. The number of pyridine rings is 1. The van der Waals surface area contributed by atoms with Crippen LogP contribution in [-0.4, -0.2) is 24.8 Å². The van der Waals surface area contributed by atoms with Crippen LogP contribution in [0.15, 0.2) is 59.8 Å². The van der Waals surface area contributed by atoms with Gasteiger partial charge in [0.1, 0.15) is 0 Å². The molecular weight excluding hydrogens is 248 g/mol. The molecule has 5 heteroatoms. The van der Waals surface area contributed by atoms with Crippen LogP contribution in [0.4, 0.5) is 0 Å². The van der Waals surface area contributed by atoms with Gasteiger partial charge >= 0.3 is 0 Å². The third-order valence-electron chi connectivity index (χ3n) is 2.61. The Morgan fingerprint density at radius 3 is 2.28 bits per heavy atom. The number of sulfonamides is 1. The van der Waals surface area contributed by atoms with Crippen molar-refractivity contribution in [2.75, 3.05) is 7.05 Å². The highest BCUT2D eigenvalue weighted by Crippen LogP contribution is 2.15. The summed E-state index contributed by atoms with van der Waals surface area (Å²) in [5, 5.41) is 0. The highest BCUT2D eigenvalue weighted by molar-refractivity contribution is 7.89. The Kier molecular flexibility index (Phi) is 3.74. The van der Waals surface area contributed by atoms with Crippen molar-refractivity contribution in [2.45, 2.75) is 11.4 Å². The Labute approximate surface area is 107 Å². The average Bonchev–Trinajstić information content (AvgIpc) is 2.41. The normalized spacial score (nSPS) is 11.7. The topological polar surface area (TPSA) is 50.3 Å². The average molecular weight is 262 g/mol. The zero-order valence-corrected chi connectivity index (χ0v) is 10.8. The quantitative estimate of drug-likeness (QED) is 0.845. The summed E-state index contributed by atoms with van der Waals surface area (Å²) in [5.74, 6) is 0. The second-order valence-electron chi connectivity index (χ2n) is 3.93. The molecule has 0 radical (unpaired) electrons. The lowest BCUT2D eigenvalue weighted by atomic mass is 10.3. The van der Waals surface area contributed by atoms with Crippen molar-refractivity contribution in [3.8, 4) is 0 Å².